The van der Waals surface area contributed by atoms with E-state index >= 15 is 0 Å². The lowest BCUT2D eigenvalue weighted by atomic mass is 10.0. The first-order valence-electron chi connectivity index (χ1n) is 11.1. The van der Waals surface area contributed by atoms with Gasteiger partial charge in [-0.2, -0.15) is 5.26 Å². The van der Waals surface area contributed by atoms with Crippen LogP contribution in [-0.4, -0.2) is 22.6 Å². The number of non-ortho nitro benzene ring substituents is 1. The molecule has 0 heterocycles. The highest BCUT2D eigenvalue weighted by Gasteiger charge is 2.15. The van der Waals surface area contributed by atoms with Crippen LogP contribution in [0.4, 0.5) is 5.69 Å². The molecule has 0 saturated carbocycles. The number of hydrogen-bond donors (Lipinski definition) is 1. The number of carboxylic acids is 1. The van der Waals surface area contributed by atoms with Gasteiger partial charge in [-0.1, -0.05) is 30.3 Å². The van der Waals surface area contributed by atoms with Gasteiger partial charge in [0.05, 0.1) is 28.7 Å². The third kappa shape index (κ3) is 6.36. The molecule has 0 saturated heterocycles. The van der Waals surface area contributed by atoms with Gasteiger partial charge in [-0.05, 0) is 60.4 Å². The molecule has 3 aromatic carbocycles. The number of rotatable bonds is 11. The standard InChI is InChI=1S/C28H24N2O6/c1-3-6-23-13-20(14-24(17-29)22-7-5-8-25(16-22)30(33)34)15-26(35-4-2)27(23)36-18-19-9-11-21(12-10-19)28(31)32/h3,5,7-16H,1,4,6,18H2,2H3,(H,31,32). The van der Waals surface area contributed by atoms with Gasteiger partial charge in [0, 0.05) is 17.7 Å². The van der Waals surface area contributed by atoms with E-state index in [1.165, 1.54) is 30.3 Å². The fraction of sp³-hybridized carbons (Fsp3) is 0.143. The van der Waals surface area contributed by atoms with E-state index in [0.29, 0.717) is 35.7 Å². The number of carbonyl (C=O) groups is 1. The summed E-state index contributed by atoms with van der Waals surface area (Å²) in [5.74, 6) is -0.00786. The molecule has 36 heavy (non-hydrogen) atoms. The lowest BCUT2D eigenvalue weighted by Gasteiger charge is -2.17. The number of nitriles is 1. The van der Waals surface area contributed by atoms with E-state index in [-0.39, 0.29) is 23.4 Å². The van der Waals surface area contributed by atoms with Crippen molar-refractivity contribution in [2.45, 2.75) is 20.0 Å². The zero-order valence-electron chi connectivity index (χ0n) is 19.6. The van der Waals surface area contributed by atoms with E-state index in [1.54, 1.807) is 36.4 Å². The van der Waals surface area contributed by atoms with Crippen LogP contribution >= 0.6 is 0 Å². The predicted octanol–water partition coefficient (Wildman–Crippen LogP) is 6.06. The molecule has 0 aromatic heterocycles. The molecule has 0 bridgehead atoms. The van der Waals surface area contributed by atoms with Crippen LogP contribution in [0.25, 0.3) is 11.6 Å². The topological polar surface area (TPSA) is 123 Å². The minimum absolute atomic E-state index is 0.101. The Morgan fingerprint density at radius 3 is 2.50 bits per heavy atom. The van der Waals surface area contributed by atoms with Crippen molar-refractivity contribution in [1.29, 1.82) is 5.26 Å². The molecule has 0 aliphatic heterocycles. The van der Waals surface area contributed by atoms with Crippen LogP contribution in [0.2, 0.25) is 0 Å². The SMILES string of the molecule is C=CCc1cc(C=C(C#N)c2cccc([N+](=O)[O-])c2)cc(OCC)c1OCc1ccc(C(=O)O)cc1. The first-order chi connectivity index (χ1) is 17.4. The fourth-order valence-corrected chi connectivity index (χ4v) is 3.53. The molecule has 0 unspecified atom stereocenters. The molecule has 0 atom stereocenters. The van der Waals surface area contributed by atoms with Crippen molar-refractivity contribution in [2.75, 3.05) is 6.61 Å². The van der Waals surface area contributed by atoms with Crippen LogP contribution < -0.4 is 9.47 Å². The molecule has 1 N–H and O–H groups in total. The summed E-state index contributed by atoms with van der Waals surface area (Å²) in [5, 5.41) is 30.0. The van der Waals surface area contributed by atoms with Crippen LogP contribution in [0.1, 0.15) is 39.5 Å². The van der Waals surface area contributed by atoms with E-state index in [1.807, 2.05) is 13.0 Å². The average Bonchev–Trinajstić information content (AvgIpc) is 2.87. The van der Waals surface area contributed by atoms with Crippen LogP contribution in [0.5, 0.6) is 11.5 Å². The zero-order chi connectivity index (χ0) is 26.1. The quantitative estimate of drug-likeness (QED) is 0.115. The second-order valence-electron chi connectivity index (χ2n) is 7.70. The minimum Gasteiger partial charge on any atom is -0.490 e. The second kappa shape index (κ2) is 12.0. The number of hydrogen-bond acceptors (Lipinski definition) is 6. The first kappa shape index (κ1) is 25.7. The summed E-state index contributed by atoms with van der Waals surface area (Å²) in [4.78, 5) is 21.7. The van der Waals surface area contributed by atoms with Crippen molar-refractivity contribution < 1.29 is 24.3 Å². The monoisotopic (exact) mass is 484 g/mol. The van der Waals surface area contributed by atoms with Crippen LogP contribution in [0, 0.1) is 21.4 Å². The molecule has 0 radical (unpaired) electrons. The molecule has 0 spiro atoms. The number of benzene rings is 3. The maximum atomic E-state index is 11.1. The van der Waals surface area contributed by atoms with E-state index in [9.17, 15) is 20.2 Å². The highest BCUT2D eigenvalue weighted by Crippen LogP contribution is 2.36. The van der Waals surface area contributed by atoms with Gasteiger partial charge in [-0.3, -0.25) is 10.1 Å². The number of aromatic carboxylic acids is 1. The highest BCUT2D eigenvalue weighted by molar-refractivity contribution is 5.90. The summed E-state index contributed by atoms with van der Waals surface area (Å²) in [6.45, 7) is 6.22. The Kier molecular flexibility index (Phi) is 8.57. The van der Waals surface area contributed by atoms with Gasteiger partial charge in [0.15, 0.2) is 11.5 Å². The molecular weight excluding hydrogens is 460 g/mol. The van der Waals surface area contributed by atoms with Crippen molar-refractivity contribution in [2.24, 2.45) is 0 Å². The van der Waals surface area contributed by atoms with Crippen LogP contribution in [0.15, 0.2) is 73.3 Å². The maximum Gasteiger partial charge on any atom is 0.335 e. The molecule has 8 heteroatoms. The Morgan fingerprint density at radius 2 is 1.89 bits per heavy atom. The second-order valence-corrected chi connectivity index (χ2v) is 7.70. The van der Waals surface area contributed by atoms with Gasteiger partial charge < -0.3 is 14.6 Å². The van der Waals surface area contributed by atoms with E-state index in [0.717, 1.165) is 11.1 Å². The van der Waals surface area contributed by atoms with Crippen molar-refractivity contribution in [3.63, 3.8) is 0 Å². The molecule has 0 fully saturated rings. The number of ether oxygens (including phenoxy) is 2. The summed E-state index contributed by atoms with van der Waals surface area (Å²) in [6.07, 6.45) is 3.83. The number of allylic oxidation sites excluding steroid dienone is 2. The Bertz CT molecular complexity index is 1350. The summed E-state index contributed by atoms with van der Waals surface area (Å²) in [5.41, 5.74) is 3.01. The number of nitro groups is 1. The molecular formula is C28H24N2O6. The van der Waals surface area contributed by atoms with E-state index in [4.69, 9.17) is 14.6 Å². The minimum atomic E-state index is -1.00. The van der Waals surface area contributed by atoms with Gasteiger partial charge in [0.1, 0.15) is 6.61 Å². The van der Waals surface area contributed by atoms with E-state index in [2.05, 4.69) is 12.6 Å². The molecule has 0 aliphatic rings. The largest absolute Gasteiger partial charge is 0.490 e. The van der Waals surface area contributed by atoms with Crippen molar-refractivity contribution in [1.82, 2.24) is 0 Å². The molecule has 182 valence electrons. The zero-order valence-corrected chi connectivity index (χ0v) is 19.6. The Hall–Kier alpha value is -4.90. The number of carboxylic acid groups (broad SMARTS) is 1. The van der Waals surface area contributed by atoms with Crippen molar-refractivity contribution in [3.05, 3.63) is 111 Å². The van der Waals surface area contributed by atoms with Crippen LogP contribution in [-0.2, 0) is 13.0 Å². The van der Waals surface area contributed by atoms with Gasteiger partial charge in [0.25, 0.3) is 5.69 Å². The normalized spacial score (nSPS) is 10.8. The Morgan fingerprint density at radius 1 is 1.14 bits per heavy atom. The van der Waals surface area contributed by atoms with Gasteiger partial charge in [0.2, 0.25) is 0 Å². The van der Waals surface area contributed by atoms with Crippen LogP contribution in [0.3, 0.4) is 0 Å². The molecule has 3 aromatic rings. The summed E-state index contributed by atoms with van der Waals surface area (Å²) in [7, 11) is 0. The first-order valence-corrected chi connectivity index (χ1v) is 11.1. The lowest BCUT2D eigenvalue weighted by molar-refractivity contribution is -0.384. The number of nitrogens with zero attached hydrogens (tertiary/aromatic N) is 2. The number of nitro benzene ring substituents is 1. The lowest BCUT2D eigenvalue weighted by Crippen LogP contribution is -2.04. The van der Waals surface area contributed by atoms with Gasteiger partial charge in [-0.25, -0.2) is 4.79 Å². The predicted molar refractivity (Wildman–Crippen MR) is 136 cm³/mol. The molecule has 3 rings (SSSR count). The highest BCUT2D eigenvalue weighted by atomic mass is 16.6. The molecule has 0 aliphatic carbocycles. The Labute approximate surface area is 208 Å². The van der Waals surface area contributed by atoms with Gasteiger partial charge in [-0.15, -0.1) is 6.58 Å². The van der Waals surface area contributed by atoms with E-state index < -0.39 is 10.9 Å². The average molecular weight is 485 g/mol. The third-order valence-electron chi connectivity index (χ3n) is 5.20. The summed E-state index contributed by atoms with van der Waals surface area (Å²) in [6, 6.07) is 18.0. The van der Waals surface area contributed by atoms with Gasteiger partial charge >= 0.3 is 5.97 Å². The third-order valence-corrected chi connectivity index (χ3v) is 5.20. The smallest absolute Gasteiger partial charge is 0.335 e. The fourth-order valence-electron chi connectivity index (χ4n) is 3.53. The van der Waals surface area contributed by atoms with Crippen molar-refractivity contribution >= 4 is 23.3 Å². The maximum absolute atomic E-state index is 11.1. The summed E-state index contributed by atoms with van der Waals surface area (Å²) < 4.78 is 11.9. The molecule has 0 amide bonds. The summed E-state index contributed by atoms with van der Waals surface area (Å²) >= 11 is 0. The Balaban J connectivity index is 1.99. The molecule has 8 nitrogen and oxygen atoms in total. The van der Waals surface area contributed by atoms with Crippen molar-refractivity contribution in [3.8, 4) is 17.6 Å².